The zero-order valence-electron chi connectivity index (χ0n) is 19.8. The second-order valence-electron chi connectivity index (χ2n) is 9.64. The Bertz CT molecular complexity index is 1180. The first-order chi connectivity index (χ1) is 16.3. The number of amides is 3. The molecule has 4 rings (SSSR count). The van der Waals surface area contributed by atoms with Crippen molar-refractivity contribution < 1.29 is 18.9 Å². The predicted octanol–water partition coefficient (Wildman–Crippen LogP) is 3.16. The van der Waals surface area contributed by atoms with E-state index in [1.807, 2.05) is 54.6 Å². The van der Waals surface area contributed by atoms with Crippen molar-refractivity contribution in [2.45, 2.75) is 44.2 Å². The Hall–Kier alpha value is -3.29. The number of H-pyrrole nitrogens is 1. The van der Waals surface area contributed by atoms with Crippen LogP contribution in [0.1, 0.15) is 41.6 Å². The van der Waals surface area contributed by atoms with Crippen LogP contribution in [-0.2, 0) is 16.0 Å². The Morgan fingerprint density at radius 2 is 1.71 bits per heavy atom. The molecule has 0 unspecified atom stereocenters. The van der Waals surface area contributed by atoms with Gasteiger partial charge in [0.25, 0.3) is 5.91 Å². The number of carbonyl (C=O) groups is 3. The molecule has 0 spiro atoms. The maximum Gasteiger partial charge on any atom is 0.337 e. The van der Waals surface area contributed by atoms with E-state index in [2.05, 4.69) is 10.3 Å². The van der Waals surface area contributed by atoms with Gasteiger partial charge < -0.3 is 16.0 Å². The Morgan fingerprint density at radius 1 is 1.03 bits per heavy atom. The maximum absolute atomic E-state index is 13.6. The van der Waals surface area contributed by atoms with Crippen LogP contribution in [0.4, 0.5) is 0 Å². The van der Waals surface area contributed by atoms with Crippen molar-refractivity contribution in [3.63, 3.8) is 0 Å². The molecule has 1 heterocycles. The van der Waals surface area contributed by atoms with Gasteiger partial charge in [-0.05, 0) is 24.5 Å². The summed E-state index contributed by atoms with van der Waals surface area (Å²) in [6, 6.07) is 16.1. The number of para-hydroxylation sites is 1. The molecular weight excluding hydrogens is 428 g/mol. The lowest BCUT2D eigenvalue weighted by molar-refractivity contribution is -0.738. The van der Waals surface area contributed by atoms with Crippen LogP contribution in [0.15, 0.2) is 60.8 Å². The van der Waals surface area contributed by atoms with E-state index in [0.29, 0.717) is 24.8 Å². The van der Waals surface area contributed by atoms with Gasteiger partial charge in [0, 0.05) is 29.6 Å². The van der Waals surface area contributed by atoms with Gasteiger partial charge >= 0.3 is 11.8 Å². The van der Waals surface area contributed by atoms with Crippen molar-refractivity contribution in [3.8, 4) is 0 Å². The molecule has 3 atom stereocenters. The van der Waals surface area contributed by atoms with Crippen LogP contribution in [0.2, 0.25) is 0 Å². The van der Waals surface area contributed by atoms with Crippen molar-refractivity contribution in [2.24, 2.45) is 11.7 Å². The lowest BCUT2D eigenvalue weighted by Crippen LogP contribution is -2.62. The third kappa shape index (κ3) is 4.81. The number of aromatic nitrogens is 1. The van der Waals surface area contributed by atoms with Gasteiger partial charge in [-0.15, -0.1) is 0 Å². The highest BCUT2D eigenvalue weighted by atomic mass is 16.2. The van der Waals surface area contributed by atoms with Gasteiger partial charge in [-0.2, -0.15) is 0 Å². The Labute approximate surface area is 199 Å². The summed E-state index contributed by atoms with van der Waals surface area (Å²) in [7, 11) is 3.23. The van der Waals surface area contributed by atoms with Crippen LogP contribution in [0.25, 0.3) is 10.9 Å². The normalized spacial score (nSPS) is 19.5. The standard InChI is InChI=1S/C27H32N4O3/c1-31(2,27(34)22(28)16-18-10-4-3-5-11-18)26(33)20-13-7-9-15-24(20)30-25(32)21-17-29-23-14-8-6-12-19(21)23/h3-6,8,10-12,14,17,20,22,24H,7,9,13,15-16,28H2,1-2H3,(H-,29,30,32)/p+1/t20-,22-,24+/m0/s1. The van der Waals surface area contributed by atoms with Crippen molar-refractivity contribution >= 4 is 28.6 Å². The van der Waals surface area contributed by atoms with E-state index in [-0.39, 0.29) is 23.8 Å². The van der Waals surface area contributed by atoms with Crippen LogP contribution < -0.4 is 11.1 Å². The van der Waals surface area contributed by atoms with E-state index >= 15 is 0 Å². The Balaban J connectivity index is 1.48. The van der Waals surface area contributed by atoms with E-state index in [1.165, 1.54) is 0 Å². The molecule has 1 aliphatic carbocycles. The number of hydrogen-bond donors (Lipinski definition) is 3. The molecular formula is C27H33N4O3+. The summed E-state index contributed by atoms with van der Waals surface area (Å²) in [4.78, 5) is 43.1. The number of hydrogen-bond acceptors (Lipinski definition) is 4. The highest BCUT2D eigenvalue weighted by Gasteiger charge is 2.46. The monoisotopic (exact) mass is 461 g/mol. The van der Waals surface area contributed by atoms with Crippen molar-refractivity contribution in [1.82, 2.24) is 10.3 Å². The number of nitrogens with two attached hydrogens (primary N) is 1. The fraction of sp³-hybridized carbons (Fsp3) is 0.370. The average Bonchev–Trinajstić information content (AvgIpc) is 3.28. The lowest BCUT2D eigenvalue weighted by Gasteiger charge is -2.36. The highest BCUT2D eigenvalue weighted by Crippen LogP contribution is 2.29. The molecule has 34 heavy (non-hydrogen) atoms. The van der Waals surface area contributed by atoms with Gasteiger partial charge in [-0.3, -0.25) is 4.79 Å². The molecule has 3 amide bonds. The summed E-state index contributed by atoms with van der Waals surface area (Å²) < 4.78 is -0.432. The Kier molecular flexibility index (Phi) is 6.95. The fourth-order valence-electron chi connectivity index (χ4n) is 5.00. The summed E-state index contributed by atoms with van der Waals surface area (Å²) in [5.41, 5.74) is 8.65. The number of fused-ring (bicyclic) bond motifs is 1. The van der Waals surface area contributed by atoms with Crippen molar-refractivity contribution in [3.05, 3.63) is 71.9 Å². The zero-order chi connectivity index (χ0) is 24.3. The van der Waals surface area contributed by atoms with E-state index in [4.69, 9.17) is 5.73 Å². The van der Waals surface area contributed by atoms with Crippen molar-refractivity contribution in [2.75, 3.05) is 14.1 Å². The minimum Gasteiger partial charge on any atom is -0.360 e. The second-order valence-corrected chi connectivity index (χ2v) is 9.64. The highest BCUT2D eigenvalue weighted by molar-refractivity contribution is 6.07. The molecule has 1 saturated carbocycles. The quantitative estimate of drug-likeness (QED) is 0.491. The minimum absolute atomic E-state index is 0.197. The topological polar surface area (TPSA) is 105 Å². The molecule has 3 aromatic rings. The smallest absolute Gasteiger partial charge is 0.337 e. The molecule has 7 nitrogen and oxygen atoms in total. The molecule has 1 aliphatic rings. The summed E-state index contributed by atoms with van der Waals surface area (Å²) >= 11 is 0. The number of quaternary nitrogens is 1. The second kappa shape index (κ2) is 9.91. The molecule has 0 bridgehead atoms. The first-order valence-corrected chi connectivity index (χ1v) is 11.9. The van der Waals surface area contributed by atoms with Gasteiger partial charge in [0.05, 0.1) is 25.6 Å². The summed E-state index contributed by atoms with van der Waals surface area (Å²) in [5, 5.41) is 3.94. The molecule has 7 heteroatoms. The number of rotatable bonds is 6. The average molecular weight is 462 g/mol. The van der Waals surface area contributed by atoms with Crippen LogP contribution in [0, 0.1) is 5.92 Å². The first kappa shape index (κ1) is 23.9. The SMILES string of the molecule is C[N+](C)(C(=O)[C@H]1CCCC[C@H]1NC(=O)c1c[nH]c2ccccc12)C(=O)[C@@H](N)Cc1ccccc1. The van der Waals surface area contributed by atoms with Gasteiger partial charge in [0.1, 0.15) is 6.04 Å². The molecule has 4 N–H and O–H groups in total. The van der Waals surface area contributed by atoms with Gasteiger partial charge in [0.15, 0.2) is 0 Å². The third-order valence-corrected chi connectivity index (χ3v) is 6.95. The van der Waals surface area contributed by atoms with Gasteiger partial charge in [0.2, 0.25) is 0 Å². The van der Waals surface area contributed by atoms with Crippen LogP contribution >= 0.6 is 0 Å². The number of nitrogens with one attached hydrogen (secondary N) is 2. The molecule has 0 saturated heterocycles. The van der Waals surface area contributed by atoms with E-state index < -0.39 is 16.4 Å². The lowest BCUT2D eigenvalue weighted by atomic mass is 9.82. The van der Waals surface area contributed by atoms with Crippen LogP contribution in [0.5, 0.6) is 0 Å². The van der Waals surface area contributed by atoms with Crippen LogP contribution in [0.3, 0.4) is 0 Å². The Morgan fingerprint density at radius 3 is 2.47 bits per heavy atom. The molecule has 1 aromatic heterocycles. The first-order valence-electron chi connectivity index (χ1n) is 11.9. The molecule has 1 fully saturated rings. The van der Waals surface area contributed by atoms with E-state index in [1.54, 1.807) is 20.3 Å². The summed E-state index contributed by atoms with van der Waals surface area (Å²) in [6.07, 6.45) is 5.23. The van der Waals surface area contributed by atoms with Gasteiger partial charge in [-0.1, -0.05) is 61.4 Å². The van der Waals surface area contributed by atoms with Gasteiger partial charge in [-0.25, -0.2) is 14.1 Å². The number of benzene rings is 2. The number of imide groups is 1. The van der Waals surface area contributed by atoms with Crippen molar-refractivity contribution in [1.29, 1.82) is 0 Å². The minimum atomic E-state index is -0.788. The number of nitrogens with zero attached hydrogens (tertiary/aromatic N) is 1. The molecule has 2 aromatic carbocycles. The number of aromatic amines is 1. The van der Waals surface area contributed by atoms with E-state index in [9.17, 15) is 14.4 Å². The summed E-state index contributed by atoms with van der Waals surface area (Å²) in [6.45, 7) is 0. The zero-order valence-corrected chi connectivity index (χ0v) is 19.8. The fourth-order valence-corrected chi connectivity index (χ4v) is 5.00. The number of likely N-dealkylation sites (N-methyl/N-ethyl adjacent to an activating group) is 1. The summed E-state index contributed by atoms with van der Waals surface area (Å²) in [5.74, 6) is -1.16. The van der Waals surface area contributed by atoms with Crippen LogP contribution in [-0.4, -0.2) is 53.4 Å². The molecule has 178 valence electrons. The molecule has 0 radical (unpaired) electrons. The molecule has 0 aliphatic heterocycles. The van der Waals surface area contributed by atoms with E-state index in [0.717, 1.165) is 29.3 Å². The third-order valence-electron chi connectivity index (χ3n) is 6.95. The maximum atomic E-state index is 13.6. The number of carbonyl (C=O) groups excluding carboxylic acids is 3. The largest absolute Gasteiger partial charge is 0.360 e. The predicted molar refractivity (Wildman–Crippen MR) is 132 cm³/mol.